The van der Waals surface area contributed by atoms with Crippen LogP contribution in [0.4, 0.5) is 14.9 Å². The number of carbonyl (C=O) groups is 4. The summed E-state index contributed by atoms with van der Waals surface area (Å²) in [6.45, 7) is 4.64. The molecule has 1 aliphatic carbocycles. The van der Waals surface area contributed by atoms with Crippen molar-refractivity contribution in [3.63, 3.8) is 0 Å². The second-order valence-electron chi connectivity index (χ2n) is 9.94. The molecule has 0 atom stereocenters. The van der Waals surface area contributed by atoms with Gasteiger partial charge >= 0.3 is 6.03 Å². The van der Waals surface area contributed by atoms with Gasteiger partial charge in [-0.15, -0.1) is 0 Å². The molecular weight excluding hydrogens is 525 g/mol. The van der Waals surface area contributed by atoms with Crippen molar-refractivity contribution in [1.82, 2.24) is 20.1 Å². The molecular formula is C28H31ClFN5O4. The summed E-state index contributed by atoms with van der Waals surface area (Å²) < 4.78 is 15.8. The van der Waals surface area contributed by atoms with E-state index in [0.29, 0.717) is 22.2 Å². The van der Waals surface area contributed by atoms with Crippen molar-refractivity contribution in [2.24, 2.45) is 0 Å². The number of hydrogen-bond donors (Lipinski definition) is 3. The molecule has 0 spiro atoms. The van der Waals surface area contributed by atoms with Gasteiger partial charge in [0, 0.05) is 52.5 Å². The fourth-order valence-electron chi connectivity index (χ4n) is 4.25. The molecule has 39 heavy (non-hydrogen) atoms. The van der Waals surface area contributed by atoms with Crippen LogP contribution in [0.3, 0.4) is 0 Å². The Morgan fingerprint density at radius 2 is 1.90 bits per heavy atom. The zero-order valence-corrected chi connectivity index (χ0v) is 22.8. The average Bonchev–Trinajstić information content (AvgIpc) is 3.62. The lowest BCUT2D eigenvalue weighted by atomic mass is 10.1. The van der Waals surface area contributed by atoms with E-state index in [1.807, 2.05) is 0 Å². The molecule has 206 valence electrons. The highest BCUT2D eigenvalue weighted by Crippen LogP contribution is 2.26. The van der Waals surface area contributed by atoms with Crippen molar-refractivity contribution < 1.29 is 23.6 Å². The van der Waals surface area contributed by atoms with E-state index < -0.39 is 11.7 Å². The molecule has 1 aromatic heterocycles. The first-order chi connectivity index (χ1) is 18.5. The van der Waals surface area contributed by atoms with Gasteiger partial charge in [-0.1, -0.05) is 23.7 Å². The Kier molecular flexibility index (Phi) is 8.54. The van der Waals surface area contributed by atoms with Crippen molar-refractivity contribution in [1.29, 1.82) is 0 Å². The fourth-order valence-corrected chi connectivity index (χ4v) is 4.45. The molecule has 0 bridgehead atoms. The van der Waals surface area contributed by atoms with Crippen molar-refractivity contribution in [3.05, 3.63) is 64.6 Å². The number of benzene rings is 2. The van der Waals surface area contributed by atoms with Gasteiger partial charge in [0.15, 0.2) is 5.78 Å². The van der Waals surface area contributed by atoms with Crippen molar-refractivity contribution in [2.45, 2.75) is 58.8 Å². The van der Waals surface area contributed by atoms with E-state index in [4.69, 9.17) is 11.6 Å². The van der Waals surface area contributed by atoms with Crippen LogP contribution in [-0.2, 0) is 22.7 Å². The smallest absolute Gasteiger partial charge is 0.319 e. The summed E-state index contributed by atoms with van der Waals surface area (Å²) in [4.78, 5) is 51.9. The van der Waals surface area contributed by atoms with E-state index in [0.717, 1.165) is 12.8 Å². The number of aromatic nitrogens is 1. The Morgan fingerprint density at radius 1 is 1.15 bits per heavy atom. The lowest BCUT2D eigenvalue weighted by molar-refractivity contribution is -0.138. The number of amides is 4. The van der Waals surface area contributed by atoms with Gasteiger partial charge in [0.25, 0.3) is 0 Å². The Labute approximate surface area is 230 Å². The monoisotopic (exact) mass is 555 g/mol. The summed E-state index contributed by atoms with van der Waals surface area (Å²) in [5.74, 6) is -1.55. The quantitative estimate of drug-likeness (QED) is 0.320. The van der Waals surface area contributed by atoms with E-state index in [2.05, 4.69) is 16.0 Å². The Hall–Kier alpha value is -3.92. The van der Waals surface area contributed by atoms with Crippen LogP contribution < -0.4 is 16.0 Å². The van der Waals surface area contributed by atoms with Gasteiger partial charge in [-0.2, -0.15) is 0 Å². The summed E-state index contributed by atoms with van der Waals surface area (Å²) >= 11 is 5.80. The zero-order chi connectivity index (χ0) is 28.3. The van der Waals surface area contributed by atoms with Crippen LogP contribution in [0, 0.1) is 5.82 Å². The van der Waals surface area contributed by atoms with Gasteiger partial charge in [0.05, 0.1) is 11.6 Å². The first-order valence-corrected chi connectivity index (χ1v) is 13.1. The third-order valence-electron chi connectivity index (χ3n) is 6.50. The molecule has 1 fully saturated rings. The van der Waals surface area contributed by atoms with Crippen LogP contribution in [0.25, 0.3) is 10.9 Å². The maximum absolute atomic E-state index is 14.1. The van der Waals surface area contributed by atoms with E-state index in [-0.39, 0.29) is 60.0 Å². The predicted octanol–water partition coefficient (Wildman–Crippen LogP) is 4.47. The minimum atomic E-state index is -0.598. The number of fused-ring (bicyclic) bond motifs is 1. The molecule has 1 aliphatic rings. The molecule has 3 aromatic rings. The van der Waals surface area contributed by atoms with Crippen molar-refractivity contribution >= 4 is 51.8 Å². The molecule has 3 N–H and O–H groups in total. The molecule has 11 heteroatoms. The second kappa shape index (κ2) is 11.9. The SMILES string of the molecule is CC(=O)c1cn(CC(=O)N(CC(=O)NCc2cccc(Cl)c2F)C(C)C)c2ccc(NC(=O)NC3CC3)cc12. The van der Waals surface area contributed by atoms with Gasteiger partial charge in [0.2, 0.25) is 11.8 Å². The number of nitrogens with zero attached hydrogens (tertiary/aromatic N) is 2. The van der Waals surface area contributed by atoms with Crippen LogP contribution in [0.5, 0.6) is 0 Å². The van der Waals surface area contributed by atoms with E-state index in [1.54, 1.807) is 48.9 Å². The number of Topliss-reactive ketones (excluding diaryl/α,β-unsaturated/α-hetero) is 1. The Balaban J connectivity index is 1.46. The lowest BCUT2D eigenvalue weighted by Crippen LogP contribution is -2.45. The van der Waals surface area contributed by atoms with Gasteiger partial charge in [-0.3, -0.25) is 14.4 Å². The number of urea groups is 1. The molecule has 0 aliphatic heterocycles. The number of ketones is 1. The normalized spacial score (nSPS) is 12.9. The van der Waals surface area contributed by atoms with Gasteiger partial charge in [-0.25, -0.2) is 9.18 Å². The van der Waals surface area contributed by atoms with Crippen LogP contribution >= 0.6 is 11.6 Å². The summed E-state index contributed by atoms with van der Waals surface area (Å²) in [7, 11) is 0. The highest BCUT2D eigenvalue weighted by molar-refractivity contribution is 6.30. The van der Waals surface area contributed by atoms with Crippen molar-refractivity contribution in [2.75, 3.05) is 11.9 Å². The third-order valence-corrected chi connectivity index (χ3v) is 6.79. The predicted molar refractivity (Wildman–Crippen MR) is 147 cm³/mol. The third kappa shape index (κ3) is 6.94. The number of anilines is 1. The van der Waals surface area contributed by atoms with E-state index in [9.17, 15) is 23.6 Å². The number of halogens is 2. The number of nitrogens with one attached hydrogen (secondary N) is 3. The lowest BCUT2D eigenvalue weighted by Gasteiger charge is -2.26. The van der Waals surface area contributed by atoms with Gasteiger partial charge < -0.3 is 25.4 Å². The average molecular weight is 556 g/mol. The molecule has 0 unspecified atom stereocenters. The molecule has 1 saturated carbocycles. The van der Waals surface area contributed by atoms with Crippen LogP contribution in [-0.4, -0.2) is 51.7 Å². The van der Waals surface area contributed by atoms with Gasteiger partial charge in [-0.05, 0) is 57.9 Å². The molecule has 0 radical (unpaired) electrons. The highest BCUT2D eigenvalue weighted by Gasteiger charge is 2.24. The second-order valence-corrected chi connectivity index (χ2v) is 10.3. The molecule has 2 aromatic carbocycles. The first-order valence-electron chi connectivity index (χ1n) is 12.7. The maximum atomic E-state index is 14.1. The summed E-state index contributed by atoms with van der Waals surface area (Å²) in [6.07, 6.45) is 3.54. The van der Waals surface area contributed by atoms with Crippen LogP contribution in [0.15, 0.2) is 42.6 Å². The fraction of sp³-hybridized carbons (Fsp3) is 0.357. The van der Waals surface area contributed by atoms with Crippen LogP contribution in [0.2, 0.25) is 5.02 Å². The zero-order valence-electron chi connectivity index (χ0n) is 22.0. The number of rotatable bonds is 10. The minimum Gasteiger partial charge on any atom is -0.350 e. The largest absolute Gasteiger partial charge is 0.350 e. The Bertz CT molecular complexity index is 1430. The molecule has 1 heterocycles. The molecule has 9 nitrogen and oxygen atoms in total. The molecule has 4 amide bonds. The minimum absolute atomic E-state index is 0.0333. The first kappa shape index (κ1) is 28.1. The number of hydrogen-bond acceptors (Lipinski definition) is 4. The maximum Gasteiger partial charge on any atom is 0.319 e. The summed E-state index contributed by atoms with van der Waals surface area (Å²) in [5, 5.41) is 8.85. The highest BCUT2D eigenvalue weighted by atomic mass is 35.5. The number of carbonyl (C=O) groups excluding carboxylic acids is 4. The Morgan fingerprint density at radius 3 is 2.56 bits per heavy atom. The van der Waals surface area contributed by atoms with Gasteiger partial charge in [0.1, 0.15) is 12.4 Å². The summed E-state index contributed by atoms with van der Waals surface area (Å²) in [6, 6.07) is 9.32. The van der Waals surface area contributed by atoms with E-state index >= 15 is 0 Å². The molecule has 0 saturated heterocycles. The topological polar surface area (TPSA) is 113 Å². The van der Waals surface area contributed by atoms with Crippen molar-refractivity contribution in [3.8, 4) is 0 Å². The van der Waals surface area contributed by atoms with E-state index in [1.165, 1.54) is 24.0 Å². The summed E-state index contributed by atoms with van der Waals surface area (Å²) in [5.41, 5.74) is 1.84. The molecule has 4 rings (SSSR count). The standard InChI is InChI=1S/C28H31ClFN5O4/c1-16(2)35(14-25(37)31-12-18-5-4-6-23(29)27(18)30)26(38)15-34-13-22(17(3)36)21-11-20(9-10-24(21)34)33-28(39)32-19-7-8-19/h4-6,9-11,13,16,19H,7-8,12,14-15H2,1-3H3,(H,31,37)(H2,32,33,39). The van der Waals surface area contributed by atoms with Crippen LogP contribution in [0.1, 0.15) is 49.5 Å².